The fourth-order valence-electron chi connectivity index (χ4n) is 4.90. The summed E-state index contributed by atoms with van der Waals surface area (Å²) in [7, 11) is 0. The Balaban J connectivity index is 1.37. The van der Waals surface area contributed by atoms with E-state index in [1.165, 1.54) is 46.3 Å². The smallest absolute Gasteiger partial charge is 0.246 e. The van der Waals surface area contributed by atoms with E-state index in [1.54, 1.807) is 6.08 Å². The Morgan fingerprint density at radius 1 is 1.03 bits per heavy atom. The molecular formula is C27H32N4OS. The van der Waals surface area contributed by atoms with E-state index in [1.807, 2.05) is 52.6 Å². The van der Waals surface area contributed by atoms with Crippen molar-refractivity contribution in [2.75, 3.05) is 31.1 Å². The first-order valence-corrected chi connectivity index (χ1v) is 13.1. The van der Waals surface area contributed by atoms with Crippen LogP contribution in [0.3, 0.4) is 0 Å². The van der Waals surface area contributed by atoms with E-state index >= 15 is 0 Å². The van der Waals surface area contributed by atoms with Gasteiger partial charge in [0.05, 0.1) is 5.39 Å². The highest BCUT2D eigenvalue weighted by Crippen LogP contribution is 2.39. The van der Waals surface area contributed by atoms with E-state index in [4.69, 9.17) is 9.97 Å². The zero-order chi connectivity index (χ0) is 22.6. The molecule has 1 saturated heterocycles. The molecule has 0 unspecified atom stereocenters. The lowest BCUT2D eigenvalue weighted by Gasteiger charge is -2.35. The molecule has 172 valence electrons. The lowest BCUT2D eigenvalue weighted by molar-refractivity contribution is -0.126. The predicted octanol–water partition coefficient (Wildman–Crippen LogP) is 5.27. The topological polar surface area (TPSA) is 49.3 Å². The van der Waals surface area contributed by atoms with E-state index in [9.17, 15) is 4.79 Å². The average Bonchev–Trinajstić information content (AvgIpc) is 3.03. The number of thiophene rings is 1. The summed E-state index contributed by atoms with van der Waals surface area (Å²) in [6.45, 7) is 5.25. The van der Waals surface area contributed by atoms with Gasteiger partial charge < -0.3 is 9.80 Å². The quantitative estimate of drug-likeness (QED) is 0.384. The number of piperazine rings is 1. The molecule has 0 saturated carbocycles. The van der Waals surface area contributed by atoms with Crippen molar-refractivity contribution in [3.8, 4) is 0 Å². The molecule has 1 aliphatic carbocycles. The average molecular weight is 461 g/mol. The highest BCUT2D eigenvalue weighted by molar-refractivity contribution is 7.19. The summed E-state index contributed by atoms with van der Waals surface area (Å²) in [5, 5.41) is 1.29. The molecule has 6 heteroatoms. The first-order valence-electron chi connectivity index (χ1n) is 12.3. The second-order valence-corrected chi connectivity index (χ2v) is 10.1. The third-order valence-corrected chi connectivity index (χ3v) is 7.86. The second kappa shape index (κ2) is 10.0. The molecule has 33 heavy (non-hydrogen) atoms. The molecule has 1 aliphatic heterocycles. The summed E-state index contributed by atoms with van der Waals surface area (Å²) >= 11 is 1.89. The third-order valence-electron chi connectivity index (χ3n) is 6.67. The Morgan fingerprint density at radius 3 is 2.61 bits per heavy atom. The molecule has 0 N–H and O–H groups in total. The number of nitrogens with zero attached hydrogens (tertiary/aromatic N) is 4. The van der Waals surface area contributed by atoms with Gasteiger partial charge in [-0.3, -0.25) is 4.79 Å². The second-order valence-electron chi connectivity index (χ2n) is 9.01. The maximum Gasteiger partial charge on any atom is 0.246 e. The van der Waals surface area contributed by atoms with Gasteiger partial charge in [0, 0.05) is 43.6 Å². The van der Waals surface area contributed by atoms with Crippen LogP contribution in [0.25, 0.3) is 16.3 Å². The van der Waals surface area contributed by atoms with Crippen LogP contribution in [0, 0.1) is 0 Å². The molecule has 5 rings (SSSR count). The van der Waals surface area contributed by atoms with Crippen molar-refractivity contribution in [2.45, 2.75) is 51.9 Å². The number of benzene rings is 1. The number of carbonyl (C=O) groups excluding carboxylic acids is 1. The number of fused-ring (bicyclic) bond motifs is 3. The van der Waals surface area contributed by atoms with Crippen LogP contribution in [0.1, 0.15) is 54.4 Å². The molecule has 0 atom stereocenters. The first-order chi connectivity index (χ1) is 16.2. The van der Waals surface area contributed by atoms with Crippen molar-refractivity contribution < 1.29 is 4.79 Å². The van der Waals surface area contributed by atoms with Crippen molar-refractivity contribution in [1.82, 2.24) is 14.9 Å². The molecule has 0 spiro atoms. The van der Waals surface area contributed by atoms with Crippen molar-refractivity contribution in [3.63, 3.8) is 0 Å². The number of rotatable bonds is 5. The zero-order valence-electron chi connectivity index (χ0n) is 19.4. The lowest BCUT2D eigenvalue weighted by Crippen LogP contribution is -2.48. The molecule has 2 aliphatic rings. The highest BCUT2D eigenvalue weighted by atomic mass is 32.1. The minimum Gasteiger partial charge on any atom is -0.352 e. The first kappa shape index (κ1) is 22.1. The lowest BCUT2D eigenvalue weighted by atomic mass is 10.1. The Hall–Kier alpha value is -2.73. The monoisotopic (exact) mass is 460 g/mol. The number of hydrogen-bond donors (Lipinski definition) is 0. The SMILES string of the molecule is CCCc1nc(N2CCN(C(=O)C=Cc3ccccc3)CC2)c2c3c(sc2n1)CCCCC3. The summed E-state index contributed by atoms with van der Waals surface area (Å²) in [5.41, 5.74) is 2.55. The van der Waals surface area contributed by atoms with E-state index in [0.717, 1.165) is 62.6 Å². The normalized spacial score (nSPS) is 16.9. The molecule has 1 aromatic carbocycles. The van der Waals surface area contributed by atoms with Gasteiger partial charge >= 0.3 is 0 Å². The molecule has 0 bridgehead atoms. The van der Waals surface area contributed by atoms with Gasteiger partial charge in [-0.15, -0.1) is 11.3 Å². The van der Waals surface area contributed by atoms with Crippen molar-refractivity contribution in [2.24, 2.45) is 0 Å². The van der Waals surface area contributed by atoms with Gasteiger partial charge in [-0.2, -0.15) is 0 Å². The van der Waals surface area contributed by atoms with Gasteiger partial charge in [0.1, 0.15) is 16.5 Å². The van der Waals surface area contributed by atoms with Crippen LogP contribution in [0.2, 0.25) is 0 Å². The van der Waals surface area contributed by atoms with Crippen LogP contribution in [0.5, 0.6) is 0 Å². The number of anilines is 1. The van der Waals surface area contributed by atoms with Crippen molar-refractivity contribution >= 4 is 39.4 Å². The highest BCUT2D eigenvalue weighted by Gasteiger charge is 2.26. The molecule has 5 nitrogen and oxygen atoms in total. The summed E-state index contributed by atoms with van der Waals surface area (Å²) in [4.78, 5) is 29.8. The largest absolute Gasteiger partial charge is 0.352 e. The van der Waals surface area contributed by atoms with Gasteiger partial charge in [-0.1, -0.05) is 43.7 Å². The maximum atomic E-state index is 12.8. The number of hydrogen-bond acceptors (Lipinski definition) is 5. The number of aromatic nitrogens is 2. The Labute approximate surface area is 200 Å². The van der Waals surface area contributed by atoms with Gasteiger partial charge in [0.2, 0.25) is 5.91 Å². The minimum absolute atomic E-state index is 0.0856. The fraction of sp³-hybridized carbons (Fsp3) is 0.444. The molecule has 2 aromatic heterocycles. The molecule has 1 amide bonds. The van der Waals surface area contributed by atoms with Crippen LogP contribution < -0.4 is 4.90 Å². The molecule has 3 aromatic rings. The number of aryl methyl sites for hydroxylation is 3. The molecule has 0 radical (unpaired) electrons. The Bertz CT molecular complexity index is 1150. The van der Waals surface area contributed by atoms with Crippen LogP contribution >= 0.6 is 11.3 Å². The van der Waals surface area contributed by atoms with E-state index in [0.29, 0.717) is 0 Å². The van der Waals surface area contributed by atoms with Gasteiger partial charge in [-0.25, -0.2) is 9.97 Å². The van der Waals surface area contributed by atoms with Crippen molar-refractivity contribution in [3.05, 3.63) is 58.2 Å². The third kappa shape index (κ3) is 4.81. The van der Waals surface area contributed by atoms with E-state index in [-0.39, 0.29) is 5.91 Å². The van der Waals surface area contributed by atoms with E-state index in [2.05, 4.69) is 11.8 Å². The van der Waals surface area contributed by atoms with Gasteiger partial charge in [-0.05, 0) is 49.3 Å². The Morgan fingerprint density at radius 2 is 1.82 bits per heavy atom. The Kier molecular flexibility index (Phi) is 6.72. The zero-order valence-corrected chi connectivity index (χ0v) is 20.2. The molecule has 1 fully saturated rings. The van der Waals surface area contributed by atoms with E-state index < -0.39 is 0 Å². The summed E-state index contributed by atoms with van der Waals surface area (Å²) in [6.07, 6.45) is 11.7. The molecule has 3 heterocycles. The van der Waals surface area contributed by atoms with Crippen LogP contribution in [0.4, 0.5) is 5.82 Å². The number of carbonyl (C=O) groups is 1. The van der Waals surface area contributed by atoms with Crippen LogP contribution in [-0.4, -0.2) is 47.0 Å². The standard InChI is InChI=1S/C27H32N4OS/c1-2-9-23-28-26(25-21-12-7-4-8-13-22(21)33-27(25)29-23)31-18-16-30(17-19-31)24(32)15-14-20-10-5-3-6-11-20/h3,5-6,10-11,14-15H,2,4,7-9,12-13,16-19H2,1H3. The van der Waals surface area contributed by atoms with Crippen molar-refractivity contribution in [1.29, 1.82) is 0 Å². The van der Waals surface area contributed by atoms with Crippen LogP contribution in [0.15, 0.2) is 36.4 Å². The predicted molar refractivity (Wildman–Crippen MR) is 137 cm³/mol. The number of amides is 1. The molecular weight excluding hydrogens is 428 g/mol. The summed E-state index contributed by atoms with van der Waals surface area (Å²) in [5.74, 6) is 2.15. The maximum absolute atomic E-state index is 12.8. The summed E-state index contributed by atoms with van der Waals surface area (Å²) < 4.78 is 0. The van der Waals surface area contributed by atoms with Crippen LogP contribution in [-0.2, 0) is 24.1 Å². The minimum atomic E-state index is 0.0856. The van der Waals surface area contributed by atoms with Gasteiger partial charge in [0.15, 0.2) is 0 Å². The summed E-state index contributed by atoms with van der Waals surface area (Å²) in [6, 6.07) is 9.99. The van der Waals surface area contributed by atoms with Gasteiger partial charge in [0.25, 0.3) is 0 Å². The fourth-order valence-corrected chi connectivity index (χ4v) is 6.17.